The second-order valence-corrected chi connectivity index (χ2v) is 5.06. The van der Waals surface area contributed by atoms with Crippen LogP contribution in [0.2, 0.25) is 0 Å². The van der Waals surface area contributed by atoms with Crippen LogP contribution in [0, 0.1) is 0 Å². The SMILES string of the molecule is O=C1CC(S)CN1Cc1ccc(C(F)(F)F)cc1. The highest BCUT2D eigenvalue weighted by Crippen LogP contribution is 2.29. The van der Waals surface area contributed by atoms with Gasteiger partial charge < -0.3 is 4.90 Å². The predicted molar refractivity (Wildman–Crippen MR) is 64.3 cm³/mol. The molecule has 0 bridgehead atoms. The molecule has 1 atom stereocenters. The van der Waals surface area contributed by atoms with Crippen LogP contribution in [0.1, 0.15) is 17.5 Å². The molecule has 1 unspecified atom stereocenters. The summed E-state index contributed by atoms with van der Waals surface area (Å²) in [5, 5.41) is 0.0203. The second-order valence-electron chi connectivity index (χ2n) is 4.33. The molecule has 1 saturated heterocycles. The van der Waals surface area contributed by atoms with Crippen molar-refractivity contribution in [3.05, 3.63) is 35.4 Å². The molecule has 1 aliphatic rings. The van der Waals surface area contributed by atoms with Gasteiger partial charge in [-0.2, -0.15) is 25.8 Å². The maximum absolute atomic E-state index is 12.4. The maximum Gasteiger partial charge on any atom is 0.416 e. The molecule has 0 aromatic heterocycles. The van der Waals surface area contributed by atoms with Crippen LogP contribution in [0.4, 0.5) is 13.2 Å². The molecule has 2 nitrogen and oxygen atoms in total. The van der Waals surface area contributed by atoms with Crippen LogP contribution in [0.15, 0.2) is 24.3 Å². The summed E-state index contributed by atoms with van der Waals surface area (Å²) in [6, 6.07) is 4.88. The number of alkyl halides is 3. The largest absolute Gasteiger partial charge is 0.416 e. The van der Waals surface area contributed by atoms with E-state index in [-0.39, 0.29) is 11.2 Å². The Hall–Kier alpha value is -1.17. The first-order valence-corrected chi connectivity index (χ1v) is 6.00. The number of carbonyl (C=O) groups excluding carboxylic acids is 1. The summed E-state index contributed by atoms with van der Waals surface area (Å²) in [6.45, 7) is 0.886. The molecule has 0 aliphatic carbocycles. The predicted octanol–water partition coefficient (Wildman–Crippen LogP) is 2.74. The van der Waals surface area contributed by atoms with Crippen molar-refractivity contribution in [2.24, 2.45) is 0 Å². The lowest BCUT2D eigenvalue weighted by molar-refractivity contribution is -0.137. The van der Waals surface area contributed by atoms with Crippen molar-refractivity contribution < 1.29 is 18.0 Å². The fraction of sp³-hybridized carbons (Fsp3) is 0.417. The van der Waals surface area contributed by atoms with Crippen LogP contribution >= 0.6 is 12.6 Å². The molecular weight excluding hydrogens is 263 g/mol. The Kier molecular flexibility index (Phi) is 3.56. The van der Waals surface area contributed by atoms with Gasteiger partial charge in [-0.25, -0.2) is 0 Å². The number of thiol groups is 1. The molecule has 0 spiro atoms. The van der Waals surface area contributed by atoms with Gasteiger partial charge in [-0.1, -0.05) is 12.1 Å². The Morgan fingerprint density at radius 3 is 2.33 bits per heavy atom. The van der Waals surface area contributed by atoms with Crippen LogP contribution < -0.4 is 0 Å². The van der Waals surface area contributed by atoms with Gasteiger partial charge in [0.2, 0.25) is 5.91 Å². The van der Waals surface area contributed by atoms with E-state index in [4.69, 9.17) is 0 Å². The van der Waals surface area contributed by atoms with Crippen molar-refractivity contribution in [1.82, 2.24) is 4.90 Å². The molecule has 6 heteroatoms. The summed E-state index contributed by atoms with van der Waals surface area (Å²) >= 11 is 4.22. The lowest BCUT2D eigenvalue weighted by Crippen LogP contribution is -2.24. The zero-order valence-electron chi connectivity index (χ0n) is 9.44. The topological polar surface area (TPSA) is 20.3 Å². The third-order valence-electron chi connectivity index (χ3n) is 2.85. The van der Waals surface area contributed by atoms with E-state index < -0.39 is 11.7 Å². The van der Waals surface area contributed by atoms with Gasteiger partial charge in [-0.15, -0.1) is 0 Å². The molecule has 1 amide bonds. The van der Waals surface area contributed by atoms with Gasteiger partial charge in [0.15, 0.2) is 0 Å². The van der Waals surface area contributed by atoms with E-state index in [1.165, 1.54) is 12.1 Å². The maximum atomic E-state index is 12.4. The molecule has 1 aromatic rings. The van der Waals surface area contributed by atoms with E-state index >= 15 is 0 Å². The highest BCUT2D eigenvalue weighted by Gasteiger charge is 2.30. The van der Waals surface area contributed by atoms with Gasteiger partial charge in [-0.05, 0) is 17.7 Å². The Morgan fingerprint density at radius 2 is 1.89 bits per heavy atom. The van der Waals surface area contributed by atoms with E-state index in [1.807, 2.05) is 0 Å². The normalized spacial score (nSPS) is 20.6. The molecule has 1 heterocycles. The minimum atomic E-state index is -4.32. The van der Waals surface area contributed by atoms with Gasteiger partial charge in [-0.3, -0.25) is 4.79 Å². The number of likely N-dealkylation sites (tertiary alicyclic amines) is 1. The van der Waals surface area contributed by atoms with E-state index in [9.17, 15) is 18.0 Å². The molecule has 98 valence electrons. The van der Waals surface area contributed by atoms with Crippen molar-refractivity contribution in [3.63, 3.8) is 0 Å². The monoisotopic (exact) mass is 275 g/mol. The lowest BCUT2D eigenvalue weighted by atomic mass is 10.1. The van der Waals surface area contributed by atoms with Crippen LogP contribution in [0.3, 0.4) is 0 Å². The minimum absolute atomic E-state index is 0.00472. The summed E-state index contributed by atoms with van der Waals surface area (Å²) < 4.78 is 37.1. The third-order valence-corrected chi connectivity index (χ3v) is 3.19. The number of amides is 1. The number of halogens is 3. The van der Waals surface area contributed by atoms with E-state index in [0.717, 1.165) is 12.1 Å². The van der Waals surface area contributed by atoms with Crippen LogP contribution in [-0.2, 0) is 17.5 Å². The van der Waals surface area contributed by atoms with E-state index in [1.54, 1.807) is 4.90 Å². The average Bonchev–Trinajstić information content (AvgIpc) is 2.57. The van der Waals surface area contributed by atoms with Crippen LogP contribution in [-0.4, -0.2) is 22.6 Å². The zero-order chi connectivity index (χ0) is 13.3. The summed E-state index contributed by atoms with van der Waals surface area (Å²) in [4.78, 5) is 13.1. The fourth-order valence-corrected chi connectivity index (χ4v) is 2.28. The number of carbonyl (C=O) groups is 1. The van der Waals surface area contributed by atoms with Crippen molar-refractivity contribution in [1.29, 1.82) is 0 Å². The van der Waals surface area contributed by atoms with Gasteiger partial charge in [0, 0.05) is 24.8 Å². The van der Waals surface area contributed by atoms with Gasteiger partial charge >= 0.3 is 6.18 Å². The highest BCUT2D eigenvalue weighted by molar-refractivity contribution is 7.81. The fourth-order valence-electron chi connectivity index (χ4n) is 1.92. The van der Waals surface area contributed by atoms with Crippen molar-refractivity contribution in [2.75, 3.05) is 6.54 Å². The molecule has 2 rings (SSSR count). The third kappa shape index (κ3) is 2.98. The highest BCUT2D eigenvalue weighted by atomic mass is 32.1. The summed E-state index contributed by atoms with van der Waals surface area (Å²) in [7, 11) is 0. The summed E-state index contributed by atoms with van der Waals surface area (Å²) in [5.74, 6) is -0.00472. The van der Waals surface area contributed by atoms with Gasteiger partial charge in [0.1, 0.15) is 0 Å². The first kappa shape index (κ1) is 13.3. The summed E-state index contributed by atoms with van der Waals surface area (Å²) in [5.41, 5.74) is 0.0184. The van der Waals surface area contributed by atoms with Gasteiger partial charge in [0.25, 0.3) is 0 Å². The molecule has 0 N–H and O–H groups in total. The minimum Gasteiger partial charge on any atom is -0.337 e. The number of hydrogen-bond donors (Lipinski definition) is 1. The number of benzene rings is 1. The van der Waals surface area contributed by atoms with Crippen molar-refractivity contribution in [2.45, 2.75) is 24.4 Å². The molecular formula is C12H12F3NOS. The summed E-state index contributed by atoms with van der Waals surface area (Å²) in [6.07, 6.45) is -3.93. The first-order valence-electron chi connectivity index (χ1n) is 5.48. The van der Waals surface area contributed by atoms with Gasteiger partial charge in [0.05, 0.1) is 5.56 Å². The van der Waals surface area contributed by atoms with Crippen molar-refractivity contribution >= 4 is 18.5 Å². The lowest BCUT2D eigenvalue weighted by Gasteiger charge is -2.16. The molecule has 1 aliphatic heterocycles. The number of nitrogens with zero attached hydrogens (tertiary/aromatic N) is 1. The van der Waals surface area contributed by atoms with Crippen LogP contribution in [0.5, 0.6) is 0 Å². The Morgan fingerprint density at radius 1 is 1.28 bits per heavy atom. The standard InChI is InChI=1S/C12H12F3NOS/c13-12(14,15)9-3-1-8(2-4-9)6-16-7-10(18)5-11(16)17/h1-4,10,18H,5-7H2. The second kappa shape index (κ2) is 4.84. The average molecular weight is 275 g/mol. The Labute approximate surface area is 108 Å². The first-order chi connectivity index (χ1) is 8.36. The Bertz CT molecular complexity index is 444. The number of hydrogen-bond acceptors (Lipinski definition) is 2. The van der Waals surface area contributed by atoms with E-state index in [2.05, 4.69) is 12.6 Å². The smallest absolute Gasteiger partial charge is 0.337 e. The molecule has 1 fully saturated rings. The number of rotatable bonds is 2. The molecule has 0 saturated carbocycles. The zero-order valence-corrected chi connectivity index (χ0v) is 10.3. The molecule has 18 heavy (non-hydrogen) atoms. The van der Waals surface area contributed by atoms with Crippen molar-refractivity contribution in [3.8, 4) is 0 Å². The quantitative estimate of drug-likeness (QED) is 0.823. The van der Waals surface area contributed by atoms with Crippen LogP contribution in [0.25, 0.3) is 0 Å². The molecule has 0 radical (unpaired) electrons. The van der Waals surface area contributed by atoms with E-state index in [0.29, 0.717) is 25.1 Å². The Balaban J connectivity index is 2.05. The molecule has 1 aromatic carbocycles.